The van der Waals surface area contributed by atoms with Crippen molar-refractivity contribution >= 4 is 40.2 Å². The smallest absolute Gasteiger partial charge is 0.280 e. The molecule has 1 aromatic carbocycles. The van der Waals surface area contributed by atoms with Crippen LogP contribution in [0.3, 0.4) is 0 Å². The number of nitrogens with zero attached hydrogens (tertiary/aromatic N) is 1. The average Bonchev–Trinajstić information content (AvgIpc) is 2.89. The van der Waals surface area contributed by atoms with Crippen molar-refractivity contribution in [1.82, 2.24) is 10.3 Å². The van der Waals surface area contributed by atoms with Gasteiger partial charge in [0.1, 0.15) is 23.0 Å². The summed E-state index contributed by atoms with van der Waals surface area (Å²) in [6.45, 7) is 0.977. The summed E-state index contributed by atoms with van der Waals surface area (Å²) in [5.41, 5.74) is 1.07. The van der Waals surface area contributed by atoms with Crippen LogP contribution in [0.1, 0.15) is 9.80 Å². The van der Waals surface area contributed by atoms with E-state index < -0.39 is 0 Å². The van der Waals surface area contributed by atoms with Crippen LogP contribution >= 0.6 is 34.3 Å². The van der Waals surface area contributed by atoms with Crippen LogP contribution in [-0.2, 0) is 3.07 Å². The van der Waals surface area contributed by atoms with E-state index in [1.54, 1.807) is 29.2 Å². The Labute approximate surface area is 123 Å². The minimum Gasteiger partial charge on any atom is -0.348 e. The molecule has 1 amide bonds. The van der Waals surface area contributed by atoms with E-state index in [4.69, 9.17) is 3.07 Å². The van der Waals surface area contributed by atoms with Crippen LogP contribution in [0.2, 0.25) is 0 Å². The lowest BCUT2D eigenvalue weighted by Crippen LogP contribution is -2.26. The fourth-order valence-electron chi connectivity index (χ4n) is 1.39. The number of aromatic nitrogens is 1. The zero-order valence-electron chi connectivity index (χ0n) is 9.43. The van der Waals surface area contributed by atoms with Crippen LogP contribution in [0.15, 0.2) is 36.5 Å². The third kappa shape index (κ3) is 3.50. The number of amides is 1. The van der Waals surface area contributed by atoms with Gasteiger partial charge in [-0.05, 0) is 5.56 Å². The number of carbonyl (C=O) groups excluding carboxylic acids is 1. The molecule has 0 aliphatic heterocycles. The topological polar surface area (TPSA) is 51.2 Å². The van der Waals surface area contributed by atoms with Crippen LogP contribution in [0.25, 0.3) is 10.4 Å². The molecule has 0 unspecified atom stereocenters. The van der Waals surface area contributed by atoms with Crippen molar-refractivity contribution in [2.24, 2.45) is 0 Å². The van der Waals surface area contributed by atoms with E-state index in [1.165, 1.54) is 11.3 Å². The maximum atomic E-state index is 11.7. The molecule has 0 bridgehead atoms. The molecule has 4 nitrogen and oxygen atoms in total. The standard InChI is InChI=1S/C12H11IN2O2S/c13-17-7-6-14-11(16)12-15-8-10(18-12)9-4-2-1-3-5-9/h1-5,8H,6-7H2,(H,14,16). The summed E-state index contributed by atoms with van der Waals surface area (Å²) in [4.78, 5) is 16.9. The maximum Gasteiger partial charge on any atom is 0.280 e. The van der Waals surface area contributed by atoms with Crippen molar-refractivity contribution in [3.63, 3.8) is 0 Å². The molecular weight excluding hydrogens is 363 g/mol. The predicted octanol–water partition coefficient (Wildman–Crippen LogP) is 2.91. The second kappa shape index (κ2) is 6.81. The van der Waals surface area contributed by atoms with Crippen molar-refractivity contribution in [3.05, 3.63) is 41.5 Å². The fourth-order valence-corrected chi connectivity index (χ4v) is 2.45. The Morgan fingerprint density at radius 3 is 2.89 bits per heavy atom. The maximum absolute atomic E-state index is 11.7. The SMILES string of the molecule is O=C(NCCOI)c1ncc(-c2ccccc2)s1. The zero-order chi connectivity index (χ0) is 12.8. The monoisotopic (exact) mass is 374 g/mol. The van der Waals surface area contributed by atoms with E-state index in [2.05, 4.69) is 10.3 Å². The zero-order valence-corrected chi connectivity index (χ0v) is 12.4. The minimum atomic E-state index is -0.157. The summed E-state index contributed by atoms with van der Waals surface area (Å²) in [6.07, 6.45) is 1.73. The predicted molar refractivity (Wildman–Crippen MR) is 79.9 cm³/mol. The molecule has 1 aromatic heterocycles. The van der Waals surface area contributed by atoms with Gasteiger partial charge in [0.15, 0.2) is 5.01 Å². The van der Waals surface area contributed by atoms with Gasteiger partial charge < -0.3 is 8.38 Å². The molecule has 0 fully saturated rings. The van der Waals surface area contributed by atoms with Crippen molar-refractivity contribution in [2.75, 3.05) is 13.2 Å². The first-order chi connectivity index (χ1) is 8.81. The molecule has 1 N–H and O–H groups in total. The Morgan fingerprint density at radius 1 is 1.39 bits per heavy atom. The number of thiazole rings is 1. The van der Waals surface area contributed by atoms with Gasteiger partial charge in [-0.2, -0.15) is 0 Å². The average molecular weight is 374 g/mol. The molecule has 0 saturated carbocycles. The molecule has 6 heteroatoms. The molecule has 0 radical (unpaired) electrons. The Bertz CT molecular complexity index is 516. The molecule has 0 aliphatic rings. The van der Waals surface area contributed by atoms with E-state index in [1.807, 2.05) is 30.3 Å². The van der Waals surface area contributed by atoms with Gasteiger partial charge in [-0.3, -0.25) is 4.79 Å². The number of halogens is 1. The molecule has 94 valence electrons. The van der Waals surface area contributed by atoms with Gasteiger partial charge in [-0.15, -0.1) is 11.3 Å². The second-order valence-corrected chi connectivity index (χ2v) is 5.12. The van der Waals surface area contributed by atoms with E-state index in [-0.39, 0.29) is 5.91 Å². The van der Waals surface area contributed by atoms with Gasteiger partial charge in [0.25, 0.3) is 5.91 Å². The quantitative estimate of drug-likeness (QED) is 0.647. The third-order valence-electron chi connectivity index (χ3n) is 2.22. The molecule has 0 spiro atoms. The molecule has 0 atom stereocenters. The van der Waals surface area contributed by atoms with E-state index in [9.17, 15) is 4.79 Å². The second-order valence-electron chi connectivity index (χ2n) is 3.46. The number of hydrogen-bond acceptors (Lipinski definition) is 4. The number of carbonyl (C=O) groups is 1. The number of benzene rings is 1. The van der Waals surface area contributed by atoms with Crippen LogP contribution in [-0.4, -0.2) is 24.0 Å². The molecule has 0 aliphatic carbocycles. The van der Waals surface area contributed by atoms with Gasteiger partial charge in [-0.25, -0.2) is 4.98 Å². The lowest BCUT2D eigenvalue weighted by atomic mass is 10.2. The molecule has 2 aromatic rings. The van der Waals surface area contributed by atoms with Crippen molar-refractivity contribution in [3.8, 4) is 10.4 Å². The van der Waals surface area contributed by atoms with Crippen molar-refractivity contribution in [1.29, 1.82) is 0 Å². The number of nitrogens with one attached hydrogen (secondary N) is 1. The third-order valence-corrected chi connectivity index (χ3v) is 3.71. The largest absolute Gasteiger partial charge is 0.348 e. The van der Waals surface area contributed by atoms with Crippen molar-refractivity contribution < 1.29 is 7.86 Å². The summed E-state index contributed by atoms with van der Waals surface area (Å²) >= 11 is 3.18. The van der Waals surface area contributed by atoms with Crippen LogP contribution in [0.4, 0.5) is 0 Å². The van der Waals surface area contributed by atoms with E-state index >= 15 is 0 Å². The summed E-state index contributed by atoms with van der Waals surface area (Å²) in [5, 5.41) is 3.22. The van der Waals surface area contributed by atoms with E-state index in [0.717, 1.165) is 10.4 Å². The first-order valence-electron chi connectivity index (χ1n) is 5.34. The normalized spacial score (nSPS) is 10.3. The van der Waals surface area contributed by atoms with Crippen LogP contribution < -0.4 is 5.32 Å². The fraction of sp³-hybridized carbons (Fsp3) is 0.167. The molecule has 1 heterocycles. The van der Waals surface area contributed by atoms with Gasteiger partial charge in [-0.1, -0.05) is 30.3 Å². The van der Waals surface area contributed by atoms with Crippen molar-refractivity contribution in [2.45, 2.75) is 0 Å². The number of hydrogen-bond donors (Lipinski definition) is 1. The minimum absolute atomic E-state index is 0.157. The Hall–Kier alpha value is -0.990. The molecule has 2 rings (SSSR count). The Morgan fingerprint density at radius 2 is 2.17 bits per heavy atom. The Kier molecular flexibility index (Phi) is 5.09. The lowest BCUT2D eigenvalue weighted by molar-refractivity contribution is 0.0949. The van der Waals surface area contributed by atoms with Gasteiger partial charge in [0.2, 0.25) is 0 Å². The molecular formula is C12H11IN2O2S. The highest BCUT2D eigenvalue weighted by Crippen LogP contribution is 2.25. The van der Waals surface area contributed by atoms with Gasteiger partial charge >= 0.3 is 0 Å². The van der Waals surface area contributed by atoms with Gasteiger partial charge in [0, 0.05) is 12.7 Å². The summed E-state index contributed by atoms with van der Waals surface area (Å²) in [7, 11) is 0. The summed E-state index contributed by atoms with van der Waals surface area (Å²) in [5.74, 6) is -0.157. The first kappa shape index (κ1) is 13.4. The summed E-state index contributed by atoms with van der Waals surface area (Å²) < 4.78 is 4.84. The highest BCUT2D eigenvalue weighted by Gasteiger charge is 2.11. The van der Waals surface area contributed by atoms with Crippen LogP contribution in [0, 0.1) is 0 Å². The summed E-state index contributed by atoms with van der Waals surface area (Å²) in [6, 6.07) is 9.89. The molecule has 18 heavy (non-hydrogen) atoms. The highest BCUT2D eigenvalue weighted by atomic mass is 127. The van der Waals surface area contributed by atoms with E-state index in [0.29, 0.717) is 18.2 Å². The van der Waals surface area contributed by atoms with Crippen LogP contribution in [0.5, 0.6) is 0 Å². The van der Waals surface area contributed by atoms with Gasteiger partial charge in [0.05, 0.1) is 11.5 Å². The number of rotatable bonds is 5. The molecule has 0 saturated heterocycles. The Balaban J connectivity index is 2.04. The first-order valence-corrected chi connectivity index (χ1v) is 7.04. The lowest BCUT2D eigenvalue weighted by Gasteiger charge is -1.99. The highest BCUT2D eigenvalue weighted by molar-refractivity contribution is 14.1.